The van der Waals surface area contributed by atoms with E-state index in [0.29, 0.717) is 17.4 Å². The van der Waals surface area contributed by atoms with Gasteiger partial charge in [-0.1, -0.05) is 37.2 Å². The molecule has 2 aromatic rings. The van der Waals surface area contributed by atoms with Crippen molar-refractivity contribution < 1.29 is 12.9 Å². The second-order valence-corrected chi connectivity index (χ2v) is 7.83. The van der Waals surface area contributed by atoms with E-state index < -0.39 is 9.84 Å². The van der Waals surface area contributed by atoms with Crippen molar-refractivity contribution in [2.75, 3.05) is 19.3 Å². The molecule has 0 saturated heterocycles. The van der Waals surface area contributed by atoms with Crippen molar-refractivity contribution in [1.29, 1.82) is 0 Å². The molecular formula is C18H26N4O3S. The number of guanidine groups is 1. The predicted molar refractivity (Wildman–Crippen MR) is 102 cm³/mol. The highest BCUT2D eigenvalue weighted by Crippen LogP contribution is 2.15. The summed E-state index contributed by atoms with van der Waals surface area (Å²) >= 11 is 0. The lowest BCUT2D eigenvalue weighted by Crippen LogP contribution is -2.39. The van der Waals surface area contributed by atoms with Gasteiger partial charge in [0.2, 0.25) is 0 Å². The second kappa shape index (κ2) is 9.38. The minimum Gasteiger partial charge on any atom is -0.361 e. The van der Waals surface area contributed by atoms with Gasteiger partial charge in [0.25, 0.3) is 0 Å². The number of nitrogens with one attached hydrogen (secondary N) is 2. The Morgan fingerprint density at radius 2 is 1.88 bits per heavy atom. The molecule has 0 aliphatic carbocycles. The minimum absolute atomic E-state index is 0.00853. The zero-order valence-electron chi connectivity index (χ0n) is 15.4. The molecule has 0 amide bonds. The Morgan fingerprint density at radius 3 is 2.50 bits per heavy atom. The van der Waals surface area contributed by atoms with Gasteiger partial charge in [0.15, 0.2) is 15.8 Å². The first-order valence-corrected chi connectivity index (χ1v) is 10.4. The van der Waals surface area contributed by atoms with Crippen molar-refractivity contribution in [2.45, 2.75) is 38.1 Å². The molecule has 1 aromatic heterocycles. The highest BCUT2D eigenvalue weighted by molar-refractivity contribution is 7.91. The molecule has 0 spiro atoms. The zero-order chi connectivity index (χ0) is 19.0. The van der Waals surface area contributed by atoms with Crippen LogP contribution in [0.1, 0.15) is 30.9 Å². The van der Waals surface area contributed by atoms with Crippen molar-refractivity contribution in [3.63, 3.8) is 0 Å². The standard InChI is InChI=1S/C18H26N4O3S/c1-4-16-15(17(5-2)25-22-16)13-21-18(19-3)20-11-12-26(23,24)14-9-7-6-8-10-14/h6-10H,4-5,11-13H2,1-3H3,(H2,19,20,21). The highest BCUT2D eigenvalue weighted by atomic mass is 32.2. The van der Waals surface area contributed by atoms with Crippen LogP contribution in [-0.2, 0) is 29.2 Å². The molecule has 0 atom stereocenters. The highest BCUT2D eigenvalue weighted by Gasteiger charge is 2.15. The summed E-state index contributed by atoms with van der Waals surface area (Å²) in [6.45, 7) is 4.84. The van der Waals surface area contributed by atoms with Crippen LogP contribution in [0.2, 0.25) is 0 Å². The van der Waals surface area contributed by atoms with Gasteiger partial charge in [-0.15, -0.1) is 0 Å². The number of aliphatic imine (C=N–C) groups is 1. The van der Waals surface area contributed by atoms with Gasteiger partial charge < -0.3 is 15.2 Å². The normalized spacial score (nSPS) is 12.2. The molecular weight excluding hydrogens is 352 g/mol. The van der Waals surface area contributed by atoms with E-state index in [2.05, 4.69) is 20.8 Å². The van der Waals surface area contributed by atoms with Crippen molar-refractivity contribution >= 4 is 15.8 Å². The minimum atomic E-state index is -3.31. The van der Waals surface area contributed by atoms with Crippen LogP contribution in [0.15, 0.2) is 44.7 Å². The number of nitrogens with zero attached hydrogens (tertiary/aromatic N) is 2. The quantitative estimate of drug-likeness (QED) is 0.538. The molecule has 0 saturated carbocycles. The Balaban J connectivity index is 1.90. The fraction of sp³-hybridized carbons (Fsp3) is 0.444. The van der Waals surface area contributed by atoms with Gasteiger partial charge >= 0.3 is 0 Å². The topological polar surface area (TPSA) is 96.6 Å². The summed E-state index contributed by atoms with van der Waals surface area (Å²) in [4.78, 5) is 4.47. The van der Waals surface area contributed by atoms with Crippen LogP contribution in [0.3, 0.4) is 0 Å². The summed E-state index contributed by atoms with van der Waals surface area (Å²) in [6.07, 6.45) is 1.56. The summed E-state index contributed by atoms with van der Waals surface area (Å²) in [5.41, 5.74) is 1.96. The number of rotatable bonds is 8. The molecule has 0 unspecified atom stereocenters. The van der Waals surface area contributed by atoms with Gasteiger partial charge in [-0.2, -0.15) is 0 Å². The van der Waals surface area contributed by atoms with E-state index in [1.54, 1.807) is 37.4 Å². The molecule has 0 radical (unpaired) electrons. The Kier molecular flexibility index (Phi) is 7.20. The summed E-state index contributed by atoms with van der Waals surface area (Å²) in [7, 11) is -1.67. The van der Waals surface area contributed by atoms with E-state index in [1.165, 1.54) is 0 Å². The summed E-state index contributed by atoms with van der Waals surface area (Å²) in [5, 5.41) is 10.3. The molecule has 0 aliphatic heterocycles. The average Bonchev–Trinajstić information content (AvgIpc) is 3.07. The molecule has 1 aromatic carbocycles. The summed E-state index contributed by atoms with van der Waals surface area (Å²) < 4.78 is 29.9. The number of aromatic nitrogens is 1. The predicted octanol–water partition coefficient (Wildman–Crippen LogP) is 1.94. The van der Waals surface area contributed by atoms with Crippen LogP contribution < -0.4 is 10.6 Å². The third-order valence-electron chi connectivity index (χ3n) is 4.03. The number of sulfone groups is 1. The van der Waals surface area contributed by atoms with Crippen molar-refractivity contribution in [3.05, 3.63) is 47.3 Å². The smallest absolute Gasteiger partial charge is 0.191 e. The third kappa shape index (κ3) is 5.08. The van der Waals surface area contributed by atoms with Gasteiger partial charge in [0.05, 0.1) is 16.3 Å². The molecule has 0 fully saturated rings. The lowest BCUT2D eigenvalue weighted by molar-refractivity contribution is 0.380. The van der Waals surface area contributed by atoms with E-state index in [4.69, 9.17) is 4.52 Å². The summed E-state index contributed by atoms with van der Waals surface area (Å²) in [5.74, 6) is 1.39. The van der Waals surface area contributed by atoms with E-state index in [9.17, 15) is 8.42 Å². The second-order valence-electron chi connectivity index (χ2n) is 5.72. The number of aryl methyl sites for hydroxylation is 2. The van der Waals surface area contributed by atoms with Crippen LogP contribution in [0, 0.1) is 0 Å². The van der Waals surface area contributed by atoms with Crippen LogP contribution in [0.5, 0.6) is 0 Å². The first-order chi connectivity index (χ1) is 12.5. The first kappa shape index (κ1) is 20.0. The number of hydrogen-bond acceptors (Lipinski definition) is 5. The molecule has 2 rings (SSSR count). The molecule has 2 N–H and O–H groups in total. The Hall–Kier alpha value is -2.35. The lowest BCUT2D eigenvalue weighted by Gasteiger charge is -2.12. The van der Waals surface area contributed by atoms with Crippen molar-refractivity contribution in [3.8, 4) is 0 Å². The van der Waals surface area contributed by atoms with Crippen LogP contribution in [0.25, 0.3) is 0 Å². The Morgan fingerprint density at radius 1 is 1.15 bits per heavy atom. The lowest BCUT2D eigenvalue weighted by atomic mass is 10.1. The SMILES string of the molecule is CCc1noc(CC)c1CNC(=NC)NCCS(=O)(=O)c1ccccc1. The Labute approximate surface area is 154 Å². The van der Waals surface area contributed by atoms with Crippen LogP contribution in [0.4, 0.5) is 0 Å². The maximum absolute atomic E-state index is 12.3. The fourth-order valence-corrected chi connectivity index (χ4v) is 3.76. The molecule has 0 aliphatic rings. The van der Waals surface area contributed by atoms with Gasteiger partial charge in [-0.3, -0.25) is 4.99 Å². The number of benzene rings is 1. The maximum Gasteiger partial charge on any atom is 0.191 e. The molecule has 8 heteroatoms. The largest absolute Gasteiger partial charge is 0.361 e. The molecule has 142 valence electrons. The van der Waals surface area contributed by atoms with Gasteiger partial charge in [0.1, 0.15) is 5.76 Å². The van der Waals surface area contributed by atoms with Crippen molar-refractivity contribution in [1.82, 2.24) is 15.8 Å². The maximum atomic E-state index is 12.3. The third-order valence-corrected chi connectivity index (χ3v) is 5.76. The van der Waals surface area contributed by atoms with E-state index in [1.807, 2.05) is 13.8 Å². The molecule has 0 bridgehead atoms. The van der Waals surface area contributed by atoms with E-state index >= 15 is 0 Å². The Bertz CT molecular complexity index is 808. The van der Waals surface area contributed by atoms with Crippen LogP contribution >= 0.6 is 0 Å². The van der Waals surface area contributed by atoms with Crippen molar-refractivity contribution in [2.24, 2.45) is 4.99 Å². The van der Waals surface area contributed by atoms with Crippen LogP contribution in [-0.4, -0.2) is 38.9 Å². The van der Waals surface area contributed by atoms with E-state index in [-0.39, 0.29) is 12.3 Å². The molecule has 1 heterocycles. The monoisotopic (exact) mass is 378 g/mol. The zero-order valence-corrected chi connectivity index (χ0v) is 16.3. The number of hydrogen-bond donors (Lipinski definition) is 2. The first-order valence-electron chi connectivity index (χ1n) is 8.70. The molecule has 26 heavy (non-hydrogen) atoms. The fourth-order valence-electron chi connectivity index (χ4n) is 2.58. The van der Waals surface area contributed by atoms with Gasteiger partial charge in [-0.25, -0.2) is 8.42 Å². The molecule has 7 nitrogen and oxygen atoms in total. The average molecular weight is 378 g/mol. The van der Waals surface area contributed by atoms with E-state index in [0.717, 1.165) is 29.9 Å². The van der Waals surface area contributed by atoms with Gasteiger partial charge in [0, 0.05) is 32.1 Å². The summed E-state index contributed by atoms with van der Waals surface area (Å²) in [6, 6.07) is 8.44. The van der Waals surface area contributed by atoms with Gasteiger partial charge in [-0.05, 0) is 18.6 Å².